The largest absolute Gasteiger partial charge is 0.495 e. The third kappa shape index (κ3) is 2.20. The SMILES string of the molecule is [2H]c1cc2c(cc1Cl)oc1ccc([2H])c(B3OC(C)(C)C(C)(C)O3)c12. The average molecular weight is 331 g/mol. The fourth-order valence-electron chi connectivity index (χ4n) is 2.85. The second kappa shape index (κ2) is 4.76. The average Bonchev–Trinajstić information content (AvgIpc) is 2.94. The van der Waals surface area contributed by atoms with Crippen LogP contribution in [-0.2, 0) is 9.31 Å². The highest BCUT2D eigenvalue weighted by molar-refractivity contribution is 6.66. The maximum absolute atomic E-state index is 8.41. The summed E-state index contributed by atoms with van der Waals surface area (Å²) in [6, 6.07) is 7.26. The highest BCUT2D eigenvalue weighted by atomic mass is 35.5. The predicted octanol–water partition coefficient (Wildman–Crippen LogP) is 4.54. The van der Waals surface area contributed by atoms with Crippen LogP contribution in [0, 0.1) is 0 Å². The van der Waals surface area contributed by atoms with E-state index in [1.807, 2.05) is 27.7 Å². The van der Waals surface area contributed by atoms with E-state index in [4.69, 9.17) is 28.1 Å². The zero-order chi connectivity index (χ0) is 18.1. The van der Waals surface area contributed by atoms with E-state index in [2.05, 4.69) is 0 Å². The van der Waals surface area contributed by atoms with Gasteiger partial charge in [-0.15, -0.1) is 0 Å². The highest BCUT2D eigenvalue weighted by Gasteiger charge is 2.52. The molecule has 1 aromatic heterocycles. The minimum Gasteiger partial charge on any atom is -0.456 e. The molecule has 1 aliphatic heterocycles. The molecule has 118 valence electrons. The third-order valence-corrected chi connectivity index (χ3v) is 5.06. The second-order valence-electron chi connectivity index (χ2n) is 6.88. The summed E-state index contributed by atoms with van der Waals surface area (Å²) in [7, 11) is -0.674. The van der Waals surface area contributed by atoms with Gasteiger partial charge in [-0.05, 0) is 51.3 Å². The Balaban J connectivity index is 2.01. The summed E-state index contributed by atoms with van der Waals surface area (Å²) in [6.07, 6.45) is 0. The molecule has 0 saturated carbocycles. The number of fused-ring (bicyclic) bond motifs is 3. The topological polar surface area (TPSA) is 31.6 Å². The maximum Gasteiger partial charge on any atom is 0.495 e. The smallest absolute Gasteiger partial charge is 0.456 e. The van der Waals surface area contributed by atoms with Crippen LogP contribution in [0.5, 0.6) is 0 Å². The molecule has 1 aliphatic rings. The first kappa shape index (κ1) is 12.9. The molecule has 0 unspecified atom stereocenters. The lowest BCUT2D eigenvalue weighted by molar-refractivity contribution is 0.00578. The third-order valence-electron chi connectivity index (χ3n) is 4.85. The molecular formula is C18H18BClO3. The van der Waals surface area contributed by atoms with Crippen molar-refractivity contribution in [3.05, 3.63) is 41.4 Å². The summed E-state index contributed by atoms with van der Waals surface area (Å²) in [5.41, 5.74) is 0.819. The molecule has 1 saturated heterocycles. The Bertz CT molecular complexity index is 997. The van der Waals surface area contributed by atoms with Gasteiger partial charge in [-0.2, -0.15) is 0 Å². The van der Waals surface area contributed by atoms with Crippen molar-refractivity contribution in [3.8, 4) is 0 Å². The molecule has 0 aliphatic carbocycles. The van der Waals surface area contributed by atoms with E-state index in [1.165, 1.54) is 0 Å². The summed E-state index contributed by atoms with van der Waals surface area (Å²) in [5.74, 6) is 0. The van der Waals surface area contributed by atoms with Crippen molar-refractivity contribution in [2.45, 2.75) is 38.9 Å². The van der Waals surface area contributed by atoms with Gasteiger partial charge in [-0.3, -0.25) is 0 Å². The van der Waals surface area contributed by atoms with Gasteiger partial charge in [-0.1, -0.05) is 23.7 Å². The Labute approximate surface area is 143 Å². The van der Waals surface area contributed by atoms with Crippen LogP contribution in [0.4, 0.5) is 0 Å². The number of hydrogen-bond acceptors (Lipinski definition) is 3. The van der Waals surface area contributed by atoms with Gasteiger partial charge >= 0.3 is 7.12 Å². The lowest BCUT2D eigenvalue weighted by atomic mass is 9.76. The normalized spacial score (nSPS) is 21.0. The molecule has 3 nitrogen and oxygen atoms in total. The molecule has 0 radical (unpaired) electrons. The summed E-state index contributed by atoms with van der Waals surface area (Å²) in [6.45, 7) is 7.91. The van der Waals surface area contributed by atoms with E-state index in [-0.39, 0.29) is 6.04 Å². The Morgan fingerprint density at radius 3 is 2.43 bits per heavy atom. The minimum absolute atomic E-state index is 0.215. The first-order chi connectivity index (χ1) is 11.6. The molecule has 1 fully saturated rings. The van der Waals surface area contributed by atoms with Crippen LogP contribution in [0.2, 0.25) is 5.02 Å². The van der Waals surface area contributed by atoms with Gasteiger partial charge in [0.15, 0.2) is 0 Å². The highest BCUT2D eigenvalue weighted by Crippen LogP contribution is 2.38. The number of furan rings is 1. The molecule has 3 aromatic rings. The van der Waals surface area contributed by atoms with E-state index in [0.717, 1.165) is 10.8 Å². The standard InChI is InChI=1S/C18H18BClO3/c1-17(2)18(3,4)23-19(22-17)13-6-5-7-14-16(13)12-9-8-11(20)10-15(12)21-14/h5-10H,1-4H3/i6D,8D. The van der Waals surface area contributed by atoms with Crippen LogP contribution >= 0.6 is 11.6 Å². The zero-order valence-corrected chi connectivity index (χ0v) is 14.2. The summed E-state index contributed by atoms with van der Waals surface area (Å²) >= 11 is 6.05. The van der Waals surface area contributed by atoms with E-state index in [0.29, 0.717) is 27.7 Å². The Morgan fingerprint density at radius 2 is 1.74 bits per heavy atom. The Hall–Kier alpha value is -1.49. The van der Waals surface area contributed by atoms with Gasteiger partial charge in [0.1, 0.15) is 11.2 Å². The molecule has 23 heavy (non-hydrogen) atoms. The predicted molar refractivity (Wildman–Crippen MR) is 94.4 cm³/mol. The van der Waals surface area contributed by atoms with Gasteiger partial charge in [0, 0.05) is 21.9 Å². The quantitative estimate of drug-likeness (QED) is 0.614. The second-order valence-corrected chi connectivity index (χ2v) is 7.29. The molecule has 2 heterocycles. The molecule has 0 bridgehead atoms. The molecule has 0 spiro atoms. The van der Waals surface area contributed by atoms with E-state index >= 15 is 0 Å². The Kier molecular flexibility index (Phi) is 2.67. The lowest BCUT2D eigenvalue weighted by Gasteiger charge is -2.32. The van der Waals surface area contributed by atoms with Crippen LogP contribution in [0.3, 0.4) is 0 Å². The van der Waals surface area contributed by atoms with E-state index in [1.54, 1.807) is 24.3 Å². The van der Waals surface area contributed by atoms with Crippen molar-refractivity contribution in [2.75, 3.05) is 0 Å². The van der Waals surface area contributed by atoms with Crippen LogP contribution in [0.1, 0.15) is 30.4 Å². The van der Waals surface area contributed by atoms with Crippen LogP contribution in [-0.4, -0.2) is 18.3 Å². The maximum atomic E-state index is 8.41. The van der Waals surface area contributed by atoms with Gasteiger partial charge in [0.2, 0.25) is 0 Å². The van der Waals surface area contributed by atoms with Crippen molar-refractivity contribution in [1.82, 2.24) is 0 Å². The molecule has 4 rings (SSSR count). The molecule has 0 N–H and O–H groups in total. The monoisotopic (exact) mass is 330 g/mol. The molecule has 0 amide bonds. The first-order valence-corrected chi connectivity index (χ1v) is 7.96. The molecule has 0 atom stereocenters. The van der Waals surface area contributed by atoms with Crippen molar-refractivity contribution in [3.63, 3.8) is 0 Å². The van der Waals surface area contributed by atoms with Crippen molar-refractivity contribution in [1.29, 1.82) is 0 Å². The molecular weight excluding hydrogens is 310 g/mol. The molecule has 5 heteroatoms. The van der Waals surface area contributed by atoms with Crippen LogP contribution in [0.15, 0.2) is 40.8 Å². The van der Waals surface area contributed by atoms with Crippen molar-refractivity contribution >= 4 is 46.1 Å². The minimum atomic E-state index is -0.674. The summed E-state index contributed by atoms with van der Waals surface area (Å²) in [4.78, 5) is 0. The lowest BCUT2D eigenvalue weighted by Crippen LogP contribution is -2.41. The summed E-state index contributed by atoms with van der Waals surface area (Å²) in [5, 5.41) is 1.81. The number of hydrogen-bond donors (Lipinski definition) is 0. The number of rotatable bonds is 1. The van der Waals surface area contributed by atoms with Crippen LogP contribution < -0.4 is 5.46 Å². The number of benzene rings is 2. The Morgan fingerprint density at radius 1 is 1.04 bits per heavy atom. The first-order valence-electron chi connectivity index (χ1n) is 8.58. The van der Waals surface area contributed by atoms with Crippen LogP contribution in [0.25, 0.3) is 21.9 Å². The number of halogens is 1. The van der Waals surface area contributed by atoms with Gasteiger partial charge in [0.25, 0.3) is 0 Å². The summed E-state index contributed by atoms with van der Waals surface area (Å²) < 4.78 is 34.6. The van der Waals surface area contributed by atoms with Gasteiger partial charge in [-0.25, -0.2) is 0 Å². The molecule has 2 aromatic carbocycles. The van der Waals surface area contributed by atoms with E-state index in [9.17, 15) is 0 Å². The van der Waals surface area contributed by atoms with E-state index < -0.39 is 18.3 Å². The van der Waals surface area contributed by atoms with Gasteiger partial charge < -0.3 is 13.7 Å². The van der Waals surface area contributed by atoms with Crippen molar-refractivity contribution < 1.29 is 16.5 Å². The van der Waals surface area contributed by atoms with Gasteiger partial charge in [0.05, 0.1) is 13.9 Å². The van der Waals surface area contributed by atoms with Crippen molar-refractivity contribution in [2.24, 2.45) is 0 Å². The zero-order valence-electron chi connectivity index (χ0n) is 15.5. The fourth-order valence-corrected chi connectivity index (χ4v) is 3.00. The fraction of sp³-hybridized carbons (Fsp3) is 0.333.